The molecule has 0 saturated heterocycles. The Balaban J connectivity index is 3.90. The molecule has 0 aromatic heterocycles. The molecule has 0 aromatic carbocycles. The quantitative estimate of drug-likeness (QED) is 0.0374. The van der Waals surface area contributed by atoms with E-state index in [9.17, 15) is 28.0 Å². The lowest BCUT2D eigenvalue weighted by atomic mass is 10.0. The van der Waals surface area contributed by atoms with Crippen LogP contribution >= 0.6 is 0 Å². The van der Waals surface area contributed by atoms with E-state index in [1.807, 2.05) is 0 Å². The fourth-order valence-electron chi connectivity index (χ4n) is 5.16. The molecule has 8 heteroatoms. The van der Waals surface area contributed by atoms with Gasteiger partial charge in [-0.1, -0.05) is 142 Å². The first-order chi connectivity index (χ1) is 19.7. The molecule has 0 heterocycles. The van der Waals surface area contributed by atoms with Crippen molar-refractivity contribution < 1.29 is 28.0 Å². The van der Waals surface area contributed by atoms with Gasteiger partial charge in [-0.2, -0.15) is 8.42 Å². The SMILES string of the molecule is CCCCCCCCCCC/C=C\CCCCCCCCC(O)C(=O)NC(CS(=O)(=O)O)C(O)CCCCCCC. The third kappa shape index (κ3) is 27.6. The van der Waals surface area contributed by atoms with E-state index >= 15 is 0 Å². The number of nitrogens with one attached hydrogen (secondary N) is 1. The Morgan fingerprint density at radius 3 is 1.46 bits per heavy atom. The third-order valence-electron chi connectivity index (χ3n) is 7.83. The van der Waals surface area contributed by atoms with Gasteiger partial charge in [-0.05, 0) is 38.5 Å². The number of hydrogen-bond donors (Lipinski definition) is 4. The maximum absolute atomic E-state index is 12.4. The summed E-state index contributed by atoms with van der Waals surface area (Å²) in [7, 11) is -4.39. The van der Waals surface area contributed by atoms with E-state index in [2.05, 4.69) is 31.3 Å². The Morgan fingerprint density at radius 1 is 0.634 bits per heavy atom. The number of carbonyl (C=O) groups excluding carboxylic acids is 1. The van der Waals surface area contributed by atoms with Crippen LogP contribution in [0, 0.1) is 0 Å². The minimum atomic E-state index is -4.39. The lowest BCUT2D eigenvalue weighted by molar-refractivity contribution is -0.131. The maximum Gasteiger partial charge on any atom is 0.266 e. The molecular weight excluding hydrogens is 538 g/mol. The number of rotatable bonds is 30. The van der Waals surface area contributed by atoms with Crippen molar-refractivity contribution in [2.45, 2.75) is 186 Å². The van der Waals surface area contributed by atoms with E-state index in [1.165, 1.54) is 77.0 Å². The predicted molar refractivity (Wildman–Crippen MR) is 172 cm³/mol. The molecule has 41 heavy (non-hydrogen) atoms. The predicted octanol–water partition coefficient (Wildman–Crippen LogP) is 8.04. The number of aliphatic hydroxyl groups is 2. The van der Waals surface area contributed by atoms with Gasteiger partial charge in [0, 0.05) is 0 Å². The van der Waals surface area contributed by atoms with Crippen LogP contribution < -0.4 is 5.32 Å². The fourth-order valence-corrected chi connectivity index (χ4v) is 5.92. The zero-order valence-electron chi connectivity index (χ0n) is 26.5. The van der Waals surface area contributed by atoms with Crippen LogP contribution in [0.2, 0.25) is 0 Å². The van der Waals surface area contributed by atoms with Gasteiger partial charge in [0.2, 0.25) is 5.91 Å². The largest absolute Gasteiger partial charge is 0.391 e. The van der Waals surface area contributed by atoms with E-state index < -0.39 is 40.0 Å². The second-order valence-corrected chi connectivity index (χ2v) is 13.4. The van der Waals surface area contributed by atoms with Crippen molar-refractivity contribution in [1.29, 1.82) is 0 Å². The molecule has 0 fully saturated rings. The highest BCUT2D eigenvalue weighted by Gasteiger charge is 2.28. The van der Waals surface area contributed by atoms with Crippen molar-refractivity contribution in [2.24, 2.45) is 0 Å². The zero-order valence-corrected chi connectivity index (χ0v) is 27.4. The Labute approximate surface area is 253 Å². The van der Waals surface area contributed by atoms with Crippen LogP contribution in [0.3, 0.4) is 0 Å². The van der Waals surface area contributed by atoms with Crippen LogP contribution in [0.1, 0.15) is 168 Å². The standard InChI is InChI=1S/C33H65NO6S/c1-3-5-7-9-10-11-12-13-14-15-16-17-18-19-20-21-22-24-26-28-32(36)33(37)34-30(29-41(38,39)40)31(35)27-25-23-8-6-4-2/h16-17,30-32,35-36H,3-15,18-29H2,1-2H3,(H,34,37)(H,38,39,40)/b17-16-. The molecule has 0 spiro atoms. The van der Waals surface area contributed by atoms with Gasteiger partial charge in [-0.3, -0.25) is 9.35 Å². The van der Waals surface area contributed by atoms with Crippen molar-refractivity contribution in [3.8, 4) is 0 Å². The number of hydrogen-bond acceptors (Lipinski definition) is 5. The van der Waals surface area contributed by atoms with E-state index in [1.54, 1.807) is 0 Å². The monoisotopic (exact) mass is 603 g/mol. The van der Waals surface area contributed by atoms with Crippen LogP contribution in [0.25, 0.3) is 0 Å². The van der Waals surface area contributed by atoms with Gasteiger partial charge in [-0.15, -0.1) is 0 Å². The van der Waals surface area contributed by atoms with E-state index in [-0.39, 0.29) is 0 Å². The van der Waals surface area contributed by atoms with Gasteiger partial charge in [0.1, 0.15) is 6.10 Å². The first kappa shape index (κ1) is 40.0. The highest BCUT2D eigenvalue weighted by Crippen LogP contribution is 2.14. The molecule has 0 rings (SSSR count). The molecule has 0 radical (unpaired) electrons. The van der Waals surface area contributed by atoms with Crippen LogP contribution in [-0.4, -0.2) is 53.1 Å². The molecule has 3 unspecified atom stereocenters. The minimum Gasteiger partial charge on any atom is -0.391 e. The maximum atomic E-state index is 12.4. The summed E-state index contributed by atoms with van der Waals surface area (Å²) in [5.74, 6) is -1.46. The fraction of sp³-hybridized carbons (Fsp3) is 0.909. The van der Waals surface area contributed by atoms with Crippen molar-refractivity contribution in [2.75, 3.05) is 5.75 Å². The molecule has 0 aliphatic rings. The lowest BCUT2D eigenvalue weighted by Gasteiger charge is -2.24. The summed E-state index contributed by atoms with van der Waals surface area (Å²) in [6, 6.07) is -1.14. The second kappa shape index (κ2) is 27.8. The van der Waals surface area contributed by atoms with Crippen molar-refractivity contribution in [3.05, 3.63) is 12.2 Å². The molecule has 1 amide bonds. The smallest absolute Gasteiger partial charge is 0.266 e. The first-order valence-corrected chi connectivity index (χ1v) is 18.6. The van der Waals surface area contributed by atoms with Crippen LogP contribution in [0.15, 0.2) is 12.2 Å². The summed E-state index contributed by atoms with van der Waals surface area (Å²) < 4.78 is 32.1. The second-order valence-electron chi connectivity index (χ2n) is 11.9. The summed E-state index contributed by atoms with van der Waals surface area (Å²) >= 11 is 0. The highest BCUT2D eigenvalue weighted by atomic mass is 32.2. The minimum absolute atomic E-state index is 0.291. The topological polar surface area (TPSA) is 124 Å². The Kier molecular flexibility index (Phi) is 27.2. The van der Waals surface area contributed by atoms with Crippen molar-refractivity contribution >= 4 is 16.0 Å². The van der Waals surface area contributed by atoms with Crippen LogP contribution in [-0.2, 0) is 14.9 Å². The Hall–Kier alpha value is -0.960. The number of unbranched alkanes of at least 4 members (excludes halogenated alkanes) is 19. The number of allylic oxidation sites excluding steroid dienone is 2. The first-order valence-electron chi connectivity index (χ1n) is 17.0. The number of aliphatic hydroxyl groups excluding tert-OH is 2. The van der Waals surface area contributed by atoms with Gasteiger partial charge < -0.3 is 15.5 Å². The van der Waals surface area contributed by atoms with E-state index in [0.717, 1.165) is 51.4 Å². The van der Waals surface area contributed by atoms with Gasteiger partial charge in [0.05, 0.1) is 17.9 Å². The molecule has 0 bridgehead atoms. The number of carbonyl (C=O) groups is 1. The summed E-state index contributed by atoms with van der Waals surface area (Å²) in [6.07, 6.45) is 28.6. The average molecular weight is 604 g/mol. The number of amides is 1. The van der Waals surface area contributed by atoms with Gasteiger partial charge in [0.25, 0.3) is 10.1 Å². The van der Waals surface area contributed by atoms with E-state index in [4.69, 9.17) is 0 Å². The Morgan fingerprint density at radius 2 is 1.02 bits per heavy atom. The summed E-state index contributed by atoms with van der Waals surface area (Å²) in [5, 5.41) is 23.1. The lowest BCUT2D eigenvalue weighted by Crippen LogP contribution is -2.50. The molecule has 3 atom stereocenters. The summed E-state index contributed by atoms with van der Waals surface area (Å²) in [5.41, 5.74) is 0. The third-order valence-corrected chi connectivity index (χ3v) is 8.61. The average Bonchev–Trinajstić information content (AvgIpc) is 2.92. The molecule has 0 aliphatic carbocycles. The molecule has 244 valence electrons. The van der Waals surface area contributed by atoms with Crippen molar-refractivity contribution in [1.82, 2.24) is 5.32 Å². The summed E-state index contributed by atoms with van der Waals surface area (Å²) in [6.45, 7) is 4.37. The molecule has 0 aliphatic heterocycles. The van der Waals surface area contributed by atoms with Gasteiger partial charge in [-0.25, -0.2) is 0 Å². The zero-order chi connectivity index (χ0) is 30.6. The Bertz CT molecular complexity index is 727. The highest BCUT2D eigenvalue weighted by molar-refractivity contribution is 7.85. The van der Waals surface area contributed by atoms with E-state index in [0.29, 0.717) is 25.7 Å². The normalized spacial score (nSPS) is 14.4. The molecule has 0 saturated carbocycles. The molecule has 7 nitrogen and oxygen atoms in total. The molecule has 4 N–H and O–H groups in total. The molecule has 0 aromatic rings. The molecular formula is C33H65NO6S. The summed E-state index contributed by atoms with van der Waals surface area (Å²) in [4.78, 5) is 12.4. The van der Waals surface area contributed by atoms with Crippen LogP contribution in [0.5, 0.6) is 0 Å². The van der Waals surface area contributed by atoms with Gasteiger partial charge >= 0.3 is 0 Å². The van der Waals surface area contributed by atoms with Gasteiger partial charge in [0.15, 0.2) is 0 Å². The van der Waals surface area contributed by atoms with Crippen LogP contribution in [0.4, 0.5) is 0 Å². The van der Waals surface area contributed by atoms with Crippen molar-refractivity contribution in [3.63, 3.8) is 0 Å².